The Bertz CT molecular complexity index is 686. The van der Waals surface area contributed by atoms with Crippen LogP contribution in [-0.2, 0) is 0 Å². The van der Waals surface area contributed by atoms with Crippen LogP contribution < -0.4 is 9.64 Å². The van der Waals surface area contributed by atoms with Gasteiger partial charge in [0.1, 0.15) is 12.3 Å². The molecule has 2 aliphatic heterocycles. The number of azo groups is 1. The number of non-ortho nitro benzene ring substituents is 1. The van der Waals surface area contributed by atoms with Crippen LogP contribution in [0.15, 0.2) is 22.4 Å². The molecule has 0 aromatic heterocycles. The molecule has 2 aliphatic rings. The van der Waals surface area contributed by atoms with Crippen molar-refractivity contribution in [3.63, 3.8) is 0 Å². The number of carbonyl (C=O) groups excluding carboxylic acids is 1. The lowest BCUT2D eigenvalue weighted by Gasteiger charge is -2.28. The van der Waals surface area contributed by atoms with Crippen LogP contribution in [-0.4, -0.2) is 28.7 Å². The van der Waals surface area contributed by atoms with E-state index in [1.807, 2.05) is 0 Å². The third-order valence-electron chi connectivity index (χ3n) is 2.86. The Morgan fingerprint density at radius 1 is 1.30 bits per heavy atom. The van der Waals surface area contributed by atoms with Gasteiger partial charge in [0, 0.05) is 6.07 Å². The first-order valence-corrected chi connectivity index (χ1v) is 5.32. The zero-order valence-electron chi connectivity index (χ0n) is 9.62. The maximum Gasteiger partial charge on any atom is 0.368 e. The molecule has 3 rings (SSSR count). The lowest BCUT2D eigenvalue weighted by Crippen LogP contribution is -2.40. The van der Waals surface area contributed by atoms with Gasteiger partial charge in [-0.2, -0.15) is 5.11 Å². The molecule has 0 saturated carbocycles. The maximum absolute atomic E-state index is 11.6. The normalized spacial score (nSPS) is 19.3. The number of rotatable bonds is 2. The summed E-state index contributed by atoms with van der Waals surface area (Å²) in [6, 6.07) is 1.07. The van der Waals surface area contributed by atoms with Gasteiger partial charge in [0.05, 0.1) is 15.9 Å². The summed E-state index contributed by atoms with van der Waals surface area (Å²) in [6.07, 6.45) is -0.753. The molecule has 2 amide bonds. The summed E-state index contributed by atoms with van der Waals surface area (Å²) in [4.78, 5) is 32.9. The Labute approximate surface area is 109 Å². The molecule has 1 atom stereocenters. The summed E-state index contributed by atoms with van der Waals surface area (Å²) < 4.78 is 5.20. The molecule has 1 aromatic carbocycles. The van der Waals surface area contributed by atoms with Gasteiger partial charge in [0.25, 0.3) is 5.69 Å². The number of anilines is 1. The van der Waals surface area contributed by atoms with Crippen LogP contribution in [0.1, 0.15) is 0 Å². The van der Waals surface area contributed by atoms with Gasteiger partial charge in [-0.15, -0.1) is 0 Å². The van der Waals surface area contributed by atoms with Crippen molar-refractivity contribution in [1.82, 2.24) is 0 Å². The molecule has 0 spiro atoms. The molecule has 1 aromatic rings. The lowest BCUT2D eigenvalue weighted by atomic mass is 10.1. The van der Waals surface area contributed by atoms with Crippen LogP contribution in [0.3, 0.4) is 0 Å². The zero-order valence-corrected chi connectivity index (χ0v) is 9.62. The van der Waals surface area contributed by atoms with Crippen molar-refractivity contribution >= 4 is 23.1 Å². The van der Waals surface area contributed by atoms with Crippen LogP contribution >= 0.6 is 0 Å². The molecule has 11 nitrogen and oxygen atoms in total. The van der Waals surface area contributed by atoms with Crippen molar-refractivity contribution in [3.05, 3.63) is 32.4 Å². The predicted octanol–water partition coefficient (Wildman–Crippen LogP) is 1.61. The number of benzene rings is 1. The molecule has 0 fully saturated rings. The second-order valence-electron chi connectivity index (χ2n) is 3.99. The highest BCUT2D eigenvalue weighted by molar-refractivity contribution is 5.98. The third kappa shape index (κ3) is 1.56. The van der Waals surface area contributed by atoms with Gasteiger partial charge in [-0.1, -0.05) is 5.11 Å². The number of carbonyl (C=O) groups is 1. The van der Waals surface area contributed by atoms with Crippen LogP contribution in [0, 0.1) is 20.2 Å². The second kappa shape index (κ2) is 3.94. The van der Waals surface area contributed by atoms with Crippen LogP contribution in [0.25, 0.3) is 0 Å². The molecule has 0 N–H and O–H groups in total. The van der Waals surface area contributed by atoms with E-state index in [4.69, 9.17) is 4.74 Å². The SMILES string of the molecule is O=C1N=NC2COc3c(cc([N+](=O)[O-])cc3[N+](=O)[O-])N12. The first kappa shape index (κ1) is 12.0. The molecule has 102 valence electrons. The van der Waals surface area contributed by atoms with Crippen molar-refractivity contribution in [1.29, 1.82) is 0 Å². The molecule has 1 unspecified atom stereocenters. The minimum Gasteiger partial charge on any atom is -0.481 e. The van der Waals surface area contributed by atoms with Gasteiger partial charge < -0.3 is 4.74 Å². The number of hydrogen-bond acceptors (Lipinski definition) is 7. The van der Waals surface area contributed by atoms with Crippen molar-refractivity contribution < 1.29 is 19.4 Å². The van der Waals surface area contributed by atoms with Crippen molar-refractivity contribution in [2.45, 2.75) is 6.17 Å². The summed E-state index contributed by atoms with van der Waals surface area (Å²) >= 11 is 0. The number of ether oxygens (including phenoxy) is 1. The Morgan fingerprint density at radius 2 is 2.05 bits per heavy atom. The molecule has 0 aliphatic carbocycles. The summed E-state index contributed by atoms with van der Waals surface area (Å²) in [5, 5.41) is 28.7. The first-order chi connectivity index (χ1) is 9.49. The van der Waals surface area contributed by atoms with Gasteiger partial charge in [-0.05, 0) is 0 Å². The van der Waals surface area contributed by atoms with E-state index in [2.05, 4.69) is 10.2 Å². The summed E-state index contributed by atoms with van der Waals surface area (Å²) in [7, 11) is 0. The Morgan fingerprint density at radius 3 is 2.70 bits per heavy atom. The third-order valence-corrected chi connectivity index (χ3v) is 2.86. The smallest absolute Gasteiger partial charge is 0.368 e. The fraction of sp³-hybridized carbons (Fsp3) is 0.222. The molecule has 20 heavy (non-hydrogen) atoms. The van der Waals surface area contributed by atoms with Crippen molar-refractivity contribution in [2.24, 2.45) is 10.2 Å². The number of nitro benzene ring substituents is 2. The average molecular weight is 279 g/mol. The number of nitro groups is 2. The number of urea groups is 1. The molecular formula is C9H5N5O6. The quantitative estimate of drug-likeness (QED) is 0.594. The maximum atomic E-state index is 11.6. The van der Waals surface area contributed by atoms with Crippen molar-refractivity contribution in [2.75, 3.05) is 11.5 Å². The Hall–Kier alpha value is -3.11. The van der Waals surface area contributed by atoms with E-state index in [0.29, 0.717) is 0 Å². The predicted molar refractivity (Wildman–Crippen MR) is 61.8 cm³/mol. The summed E-state index contributed by atoms with van der Waals surface area (Å²) in [5.74, 6) is -0.197. The van der Waals surface area contributed by atoms with E-state index in [0.717, 1.165) is 17.0 Å². The van der Waals surface area contributed by atoms with Crippen LogP contribution in [0.4, 0.5) is 21.9 Å². The second-order valence-corrected chi connectivity index (χ2v) is 3.99. The number of fused-ring (bicyclic) bond motifs is 3. The fourth-order valence-corrected chi connectivity index (χ4v) is 2.02. The fourth-order valence-electron chi connectivity index (χ4n) is 2.02. The van der Waals surface area contributed by atoms with E-state index < -0.39 is 33.4 Å². The van der Waals surface area contributed by atoms with E-state index in [9.17, 15) is 25.0 Å². The number of nitrogens with zero attached hydrogens (tertiary/aromatic N) is 5. The van der Waals surface area contributed by atoms with Gasteiger partial charge in [0.2, 0.25) is 5.75 Å². The molecule has 2 heterocycles. The zero-order chi connectivity index (χ0) is 14.4. The molecule has 0 radical (unpaired) electrons. The minimum absolute atomic E-state index is 0.0721. The minimum atomic E-state index is -0.805. The van der Waals surface area contributed by atoms with Crippen LogP contribution in [0.2, 0.25) is 0 Å². The van der Waals surface area contributed by atoms with Gasteiger partial charge in [0.15, 0.2) is 6.17 Å². The van der Waals surface area contributed by atoms with E-state index in [1.165, 1.54) is 0 Å². The molecule has 11 heteroatoms. The van der Waals surface area contributed by atoms with Gasteiger partial charge >= 0.3 is 11.7 Å². The van der Waals surface area contributed by atoms with Crippen LogP contribution in [0.5, 0.6) is 5.75 Å². The largest absolute Gasteiger partial charge is 0.481 e. The summed E-state index contributed by atoms with van der Waals surface area (Å²) in [6.45, 7) is -0.0963. The first-order valence-electron chi connectivity index (χ1n) is 5.32. The molecular weight excluding hydrogens is 274 g/mol. The van der Waals surface area contributed by atoms with Gasteiger partial charge in [-0.3, -0.25) is 25.1 Å². The van der Waals surface area contributed by atoms with Crippen molar-refractivity contribution in [3.8, 4) is 5.75 Å². The monoisotopic (exact) mass is 279 g/mol. The molecule has 0 bridgehead atoms. The highest BCUT2D eigenvalue weighted by Crippen LogP contribution is 2.45. The Kier molecular flexibility index (Phi) is 2.36. The highest BCUT2D eigenvalue weighted by Gasteiger charge is 2.41. The van der Waals surface area contributed by atoms with Gasteiger partial charge in [-0.25, -0.2) is 4.79 Å². The average Bonchev–Trinajstić information content (AvgIpc) is 2.79. The highest BCUT2D eigenvalue weighted by atomic mass is 16.6. The number of amides is 2. The topological polar surface area (TPSA) is 141 Å². The standard InChI is InChI=1S/C9H5N5O6/c15-9-11-10-7-3-20-8-5(12(7)9)1-4(13(16)17)2-6(8)14(18)19/h1-2,7H,3H2. The lowest BCUT2D eigenvalue weighted by molar-refractivity contribution is -0.394. The van der Waals surface area contributed by atoms with E-state index in [1.54, 1.807) is 0 Å². The van der Waals surface area contributed by atoms with E-state index in [-0.39, 0.29) is 18.0 Å². The Balaban J connectivity index is 2.23. The molecule has 0 saturated heterocycles. The summed E-state index contributed by atoms with van der Waals surface area (Å²) in [5.41, 5.74) is -1.16. The van der Waals surface area contributed by atoms with E-state index >= 15 is 0 Å². The number of hydrogen-bond donors (Lipinski definition) is 0.